The van der Waals surface area contributed by atoms with E-state index in [4.69, 9.17) is 16.3 Å². The molecule has 0 spiro atoms. The molecule has 3 nitrogen and oxygen atoms in total. The fourth-order valence-corrected chi connectivity index (χ4v) is 2.05. The van der Waals surface area contributed by atoms with Crippen LogP contribution in [-0.4, -0.2) is 11.9 Å². The maximum atomic E-state index is 12.9. The minimum atomic E-state index is -0.561. The predicted molar refractivity (Wildman–Crippen MR) is 78.5 cm³/mol. The molecule has 2 aromatic rings. The molecule has 2 aromatic carbocycles. The molecule has 0 N–H and O–H groups in total. The molecule has 0 bridgehead atoms. The van der Waals surface area contributed by atoms with Gasteiger partial charge in [-0.2, -0.15) is 0 Å². The number of nitrogens with zero attached hydrogens (tertiary/aromatic N) is 1. The van der Waals surface area contributed by atoms with Crippen molar-refractivity contribution >= 4 is 29.5 Å². The number of carbonyl (C=O) groups excluding carboxylic acids is 1. The Morgan fingerprint density at radius 1 is 1.10 bits per heavy atom. The second-order valence-electron chi connectivity index (χ2n) is 4.36. The molecule has 0 saturated heterocycles. The molecule has 0 unspecified atom stereocenters. The number of ether oxygens (including phenoxy) is 1. The highest BCUT2D eigenvalue weighted by Gasteiger charge is 2.24. The van der Waals surface area contributed by atoms with Gasteiger partial charge in [0.25, 0.3) is 0 Å². The molecular formula is C16H9ClFNO2. The molecule has 0 aromatic heterocycles. The monoisotopic (exact) mass is 301 g/mol. The number of halogens is 2. The first kappa shape index (κ1) is 13.5. The van der Waals surface area contributed by atoms with Crippen LogP contribution in [-0.2, 0) is 9.53 Å². The molecule has 0 saturated carbocycles. The lowest BCUT2D eigenvalue weighted by atomic mass is 10.2. The second kappa shape index (κ2) is 5.50. The van der Waals surface area contributed by atoms with E-state index in [1.54, 1.807) is 24.3 Å². The van der Waals surface area contributed by atoms with E-state index < -0.39 is 5.97 Å². The van der Waals surface area contributed by atoms with Gasteiger partial charge in [-0.05, 0) is 42.0 Å². The Morgan fingerprint density at radius 3 is 2.52 bits per heavy atom. The highest BCUT2D eigenvalue weighted by Crippen LogP contribution is 2.23. The van der Waals surface area contributed by atoms with Gasteiger partial charge < -0.3 is 4.74 Å². The average Bonchev–Trinajstić information content (AvgIpc) is 2.83. The summed E-state index contributed by atoms with van der Waals surface area (Å²) >= 11 is 6.03. The molecule has 0 aliphatic carbocycles. The Labute approximate surface area is 125 Å². The number of carbonyl (C=O) groups is 1. The van der Waals surface area contributed by atoms with Crippen LogP contribution in [0, 0.1) is 5.82 Å². The van der Waals surface area contributed by atoms with Crippen molar-refractivity contribution in [1.82, 2.24) is 0 Å². The first-order valence-corrected chi connectivity index (χ1v) is 6.54. The smallest absolute Gasteiger partial charge is 0.363 e. The fourth-order valence-electron chi connectivity index (χ4n) is 1.86. The van der Waals surface area contributed by atoms with Crippen molar-refractivity contribution in [2.45, 2.75) is 0 Å². The van der Waals surface area contributed by atoms with E-state index in [-0.39, 0.29) is 17.4 Å². The first-order chi connectivity index (χ1) is 10.1. The summed E-state index contributed by atoms with van der Waals surface area (Å²) in [5.41, 5.74) is 1.37. The van der Waals surface area contributed by atoms with Crippen molar-refractivity contribution in [3.05, 3.63) is 76.2 Å². The summed E-state index contributed by atoms with van der Waals surface area (Å²) in [7, 11) is 0. The topological polar surface area (TPSA) is 38.7 Å². The summed E-state index contributed by atoms with van der Waals surface area (Å²) in [5, 5.41) is 0.517. The third kappa shape index (κ3) is 2.85. The van der Waals surface area contributed by atoms with Crippen LogP contribution in [0.25, 0.3) is 6.08 Å². The minimum absolute atomic E-state index is 0.151. The number of hydrogen-bond acceptors (Lipinski definition) is 3. The number of aliphatic imine (C=N–C) groups is 1. The Balaban J connectivity index is 1.96. The van der Waals surface area contributed by atoms with Crippen LogP contribution in [0.5, 0.6) is 0 Å². The molecule has 3 rings (SSSR count). The Kier molecular flexibility index (Phi) is 3.54. The van der Waals surface area contributed by atoms with Gasteiger partial charge in [0, 0.05) is 10.6 Å². The number of hydrogen-bond donors (Lipinski definition) is 0. The standard InChI is InChI=1S/C16H9ClFNO2/c17-13-4-2-1-3-11(13)9-14-16(20)21-15(19-14)10-5-7-12(18)8-6-10/h1-9H/b14-9+. The molecule has 0 amide bonds. The Morgan fingerprint density at radius 2 is 1.81 bits per heavy atom. The maximum absolute atomic E-state index is 12.9. The molecule has 21 heavy (non-hydrogen) atoms. The van der Waals surface area contributed by atoms with Gasteiger partial charge in [0.15, 0.2) is 5.70 Å². The molecular weight excluding hydrogens is 293 g/mol. The van der Waals surface area contributed by atoms with Crippen LogP contribution >= 0.6 is 11.6 Å². The van der Waals surface area contributed by atoms with Gasteiger partial charge in [-0.25, -0.2) is 14.2 Å². The van der Waals surface area contributed by atoms with E-state index in [2.05, 4.69) is 4.99 Å². The number of esters is 1. The summed E-state index contributed by atoms with van der Waals surface area (Å²) in [5.74, 6) is -0.775. The Hall–Kier alpha value is -2.46. The third-order valence-corrected chi connectivity index (χ3v) is 3.25. The molecule has 104 valence electrons. The van der Waals surface area contributed by atoms with Crippen LogP contribution in [0.3, 0.4) is 0 Å². The van der Waals surface area contributed by atoms with Crippen molar-refractivity contribution in [3.8, 4) is 0 Å². The lowest BCUT2D eigenvalue weighted by Crippen LogP contribution is -2.05. The zero-order valence-corrected chi connectivity index (χ0v) is 11.5. The number of cyclic esters (lactones) is 1. The average molecular weight is 302 g/mol. The largest absolute Gasteiger partial charge is 0.402 e. The van der Waals surface area contributed by atoms with Crippen LogP contribution in [0.4, 0.5) is 4.39 Å². The lowest BCUT2D eigenvalue weighted by molar-refractivity contribution is -0.129. The van der Waals surface area contributed by atoms with E-state index in [1.165, 1.54) is 24.3 Å². The zero-order valence-electron chi connectivity index (χ0n) is 10.7. The normalized spacial score (nSPS) is 16.0. The molecule has 1 heterocycles. The van der Waals surface area contributed by atoms with E-state index in [1.807, 2.05) is 6.07 Å². The predicted octanol–water partition coefficient (Wildman–Crippen LogP) is 3.82. The van der Waals surface area contributed by atoms with Crippen LogP contribution < -0.4 is 0 Å². The van der Waals surface area contributed by atoms with Crippen LogP contribution in [0.15, 0.2) is 59.2 Å². The van der Waals surface area contributed by atoms with Crippen molar-refractivity contribution in [2.24, 2.45) is 4.99 Å². The van der Waals surface area contributed by atoms with Gasteiger partial charge in [0.05, 0.1) is 0 Å². The highest BCUT2D eigenvalue weighted by molar-refractivity contribution is 6.32. The van der Waals surface area contributed by atoms with Crippen molar-refractivity contribution in [3.63, 3.8) is 0 Å². The van der Waals surface area contributed by atoms with E-state index in [9.17, 15) is 9.18 Å². The van der Waals surface area contributed by atoms with Gasteiger partial charge in [-0.1, -0.05) is 29.8 Å². The summed E-state index contributed by atoms with van der Waals surface area (Å²) in [4.78, 5) is 15.9. The van der Waals surface area contributed by atoms with Crippen LogP contribution in [0.2, 0.25) is 5.02 Å². The first-order valence-electron chi connectivity index (χ1n) is 6.16. The van der Waals surface area contributed by atoms with Gasteiger partial charge in [-0.3, -0.25) is 0 Å². The summed E-state index contributed by atoms with van der Waals surface area (Å²) in [6.45, 7) is 0. The summed E-state index contributed by atoms with van der Waals surface area (Å²) < 4.78 is 18.0. The van der Waals surface area contributed by atoms with Gasteiger partial charge in [-0.15, -0.1) is 0 Å². The van der Waals surface area contributed by atoms with Gasteiger partial charge >= 0.3 is 5.97 Å². The van der Waals surface area contributed by atoms with Gasteiger partial charge in [0.2, 0.25) is 5.90 Å². The highest BCUT2D eigenvalue weighted by atomic mass is 35.5. The van der Waals surface area contributed by atoms with Crippen molar-refractivity contribution in [1.29, 1.82) is 0 Å². The van der Waals surface area contributed by atoms with E-state index >= 15 is 0 Å². The maximum Gasteiger partial charge on any atom is 0.363 e. The van der Waals surface area contributed by atoms with Crippen molar-refractivity contribution < 1.29 is 13.9 Å². The fraction of sp³-hybridized carbons (Fsp3) is 0. The van der Waals surface area contributed by atoms with Crippen molar-refractivity contribution in [2.75, 3.05) is 0 Å². The molecule has 5 heteroatoms. The second-order valence-corrected chi connectivity index (χ2v) is 4.77. The summed E-state index contributed by atoms with van der Waals surface area (Å²) in [6, 6.07) is 12.7. The number of rotatable bonds is 2. The summed E-state index contributed by atoms with van der Waals surface area (Å²) in [6.07, 6.45) is 1.56. The third-order valence-electron chi connectivity index (χ3n) is 2.91. The van der Waals surface area contributed by atoms with E-state index in [0.717, 1.165) is 0 Å². The molecule has 0 radical (unpaired) electrons. The zero-order chi connectivity index (χ0) is 14.8. The Bertz CT molecular complexity index is 766. The molecule has 1 aliphatic rings. The van der Waals surface area contributed by atoms with Crippen LogP contribution in [0.1, 0.15) is 11.1 Å². The number of benzene rings is 2. The molecule has 0 fully saturated rings. The van der Waals surface area contributed by atoms with E-state index in [0.29, 0.717) is 16.1 Å². The SMILES string of the molecule is O=C1OC(c2ccc(F)cc2)=N/C1=C/c1ccccc1Cl. The quantitative estimate of drug-likeness (QED) is 0.625. The lowest BCUT2D eigenvalue weighted by Gasteiger charge is -1.98. The molecule has 0 atom stereocenters. The minimum Gasteiger partial charge on any atom is -0.402 e. The molecule has 1 aliphatic heterocycles. The van der Waals surface area contributed by atoms with Gasteiger partial charge in [0.1, 0.15) is 5.82 Å².